The Labute approximate surface area is 116 Å². The highest BCUT2D eigenvalue weighted by atomic mass is 35.5. The maximum absolute atomic E-state index is 11.8. The van der Waals surface area contributed by atoms with E-state index in [0.717, 1.165) is 5.56 Å². The lowest BCUT2D eigenvalue weighted by Crippen LogP contribution is -2.31. The van der Waals surface area contributed by atoms with E-state index >= 15 is 0 Å². The molecule has 1 heterocycles. The van der Waals surface area contributed by atoms with Crippen molar-refractivity contribution in [2.45, 2.75) is 6.54 Å². The Hall–Kier alpha value is -2.07. The zero-order chi connectivity index (χ0) is 13.8. The molecule has 0 spiro atoms. The number of hydrogen-bond acceptors (Lipinski definition) is 2. The number of aryl methyl sites for hydroxylation is 1. The van der Waals surface area contributed by atoms with Crippen LogP contribution in [0.1, 0.15) is 16.1 Å². The Bertz CT molecular complexity index is 602. The van der Waals surface area contributed by atoms with Crippen molar-refractivity contribution >= 4 is 23.3 Å². The van der Waals surface area contributed by atoms with Gasteiger partial charge in [0.15, 0.2) is 0 Å². The molecule has 0 radical (unpaired) electrons. The summed E-state index contributed by atoms with van der Waals surface area (Å²) in [6.45, 7) is 0.298. The molecule has 0 saturated carbocycles. The van der Waals surface area contributed by atoms with Gasteiger partial charge in [-0.05, 0) is 29.8 Å². The van der Waals surface area contributed by atoms with Crippen molar-refractivity contribution in [1.29, 1.82) is 0 Å². The number of hydrogen-bond donors (Lipinski definition) is 1. The molecule has 5 heteroatoms. The summed E-state index contributed by atoms with van der Waals surface area (Å²) in [5.41, 5.74) is 1.26. The Morgan fingerprint density at radius 1 is 1.21 bits per heavy atom. The zero-order valence-electron chi connectivity index (χ0n) is 10.4. The highest BCUT2D eigenvalue weighted by Gasteiger charge is 2.17. The van der Waals surface area contributed by atoms with Crippen molar-refractivity contribution < 1.29 is 9.59 Å². The Kier molecular flexibility index (Phi) is 4.02. The van der Waals surface area contributed by atoms with Crippen LogP contribution in [0.25, 0.3) is 0 Å². The fourth-order valence-electron chi connectivity index (χ4n) is 1.68. The summed E-state index contributed by atoms with van der Waals surface area (Å²) in [6, 6.07) is 10.4. The van der Waals surface area contributed by atoms with Crippen molar-refractivity contribution in [3.8, 4) is 0 Å². The number of carbonyl (C=O) groups excluding carboxylic acids is 2. The molecule has 1 aromatic carbocycles. The first-order valence-corrected chi connectivity index (χ1v) is 6.14. The SMILES string of the molecule is Cn1cccc1C(=O)C(=O)NCc1ccc(Cl)cc1. The molecule has 0 aliphatic carbocycles. The molecule has 0 atom stereocenters. The number of halogens is 1. The molecule has 0 saturated heterocycles. The molecule has 4 nitrogen and oxygen atoms in total. The average molecular weight is 277 g/mol. The van der Waals surface area contributed by atoms with E-state index in [1.165, 1.54) is 0 Å². The molecule has 0 aliphatic heterocycles. The van der Waals surface area contributed by atoms with E-state index in [2.05, 4.69) is 5.32 Å². The molecule has 1 N–H and O–H groups in total. The normalized spacial score (nSPS) is 10.2. The van der Waals surface area contributed by atoms with Gasteiger partial charge >= 0.3 is 0 Å². The third-order valence-corrected chi connectivity index (χ3v) is 3.00. The van der Waals surface area contributed by atoms with Gasteiger partial charge < -0.3 is 9.88 Å². The van der Waals surface area contributed by atoms with Crippen molar-refractivity contribution in [2.24, 2.45) is 7.05 Å². The van der Waals surface area contributed by atoms with Gasteiger partial charge in [-0.3, -0.25) is 9.59 Å². The average Bonchev–Trinajstić information content (AvgIpc) is 2.83. The van der Waals surface area contributed by atoms with Crippen LogP contribution in [0.3, 0.4) is 0 Å². The summed E-state index contributed by atoms with van der Waals surface area (Å²) >= 11 is 5.77. The lowest BCUT2D eigenvalue weighted by Gasteiger charge is -2.05. The number of ketones is 1. The van der Waals surface area contributed by atoms with Gasteiger partial charge in [0.05, 0.1) is 5.69 Å². The number of nitrogens with one attached hydrogen (secondary N) is 1. The van der Waals surface area contributed by atoms with E-state index in [4.69, 9.17) is 11.6 Å². The lowest BCUT2D eigenvalue weighted by molar-refractivity contribution is -0.117. The van der Waals surface area contributed by atoms with Crippen LogP contribution >= 0.6 is 11.6 Å². The summed E-state index contributed by atoms with van der Waals surface area (Å²) in [5, 5.41) is 3.22. The quantitative estimate of drug-likeness (QED) is 0.687. The molecule has 0 bridgehead atoms. The van der Waals surface area contributed by atoms with Gasteiger partial charge in [-0.25, -0.2) is 0 Å². The van der Waals surface area contributed by atoms with Gasteiger partial charge in [0.1, 0.15) is 0 Å². The van der Waals surface area contributed by atoms with Gasteiger partial charge in [-0.2, -0.15) is 0 Å². The van der Waals surface area contributed by atoms with Crippen molar-refractivity contribution in [1.82, 2.24) is 9.88 Å². The summed E-state index contributed by atoms with van der Waals surface area (Å²) in [5.74, 6) is -1.15. The Morgan fingerprint density at radius 2 is 1.89 bits per heavy atom. The van der Waals surface area contributed by atoms with Crippen LogP contribution in [0.5, 0.6) is 0 Å². The maximum Gasteiger partial charge on any atom is 0.294 e. The second kappa shape index (κ2) is 5.71. The molecular formula is C14H13ClN2O2. The highest BCUT2D eigenvalue weighted by molar-refractivity contribution is 6.42. The fourth-order valence-corrected chi connectivity index (χ4v) is 1.80. The largest absolute Gasteiger partial charge is 0.348 e. The number of carbonyl (C=O) groups is 2. The van der Waals surface area contributed by atoms with E-state index < -0.39 is 11.7 Å². The summed E-state index contributed by atoms with van der Waals surface area (Å²) in [7, 11) is 1.72. The monoisotopic (exact) mass is 276 g/mol. The predicted molar refractivity (Wildman–Crippen MR) is 73.0 cm³/mol. The molecule has 2 aromatic rings. The van der Waals surface area contributed by atoms with Crippen LogP contribution in [-0.4, -0.2) is 16.3 Å². The van der Waals surface area contributed by atoms with E-state index in [9.17, 15) is 9.59 Å². The van der Waals surface area contributed by atoms with Gasteiger partial charge in [0.25, 0.3) is 11.7 Å². The van der Waals surface area contributed by atoms with Crippen LogP contribution in [0, 0.1) is 0 Å². The number of benzene rings is 1. The molecule has 2 rings (SSSR count). The van der Waals surface area contributed by atoms with E-state index in [0.29, 0.717) is 17.3 Å². The zero-order valence-corrected chi connectivity index (χ0v) is 11.1. The third-order valence-electron chi connectivity index (χ3n) is 2.75. The van der Waals surface area contributed by atoms with E-state index in [-0.39, 0.29) is 0 Å². The van der Waals surface area contributed by atoms with Crippen LogP contribution in [0.15, 0.2) is 42.6 Å². The highest BCUT2D eigenvalue weighted by Crippen LogP contribution is 2.09. The Balaban J connectivity index is 1.96. The second-order valence-corrected chi connectivity index (χ2v) is 4.58. The smallest absolute Gasteiger partial charge is 0.294 e. The standard InChI is InChI=1S/C14H13ClN2O2/c1-17-8-2-3-12(17)13(18)14(19)16-9-10-4-6-11(15)7-5-10/h2-8H,9H2,1H3,(H,16,19). The number of aromatic nitrogens is 1. The summed E-state index contributed by atoms with van der Waals surface area (Å²) in [6.07, 6.45) is 1.72. The summed E-state index contributed by atoms with van der Waals surface area (Å²) in [4.78, 5) is 23.6. The molecule has 0 unspecified atom stereocenters. The minimum Gasteiger partial charge on any atom is -0.348 e. The van der Waals surface area contributed by atoms with Gasteiger partial charge in [-0.1, -0.05) is 23.7 Å². The first-order valence-electron chi connectivity index (χ1n) is 5.76. The van der Waals surface area contributed by atoms with Crippen LogP contribution in [0.4, 0.5) is 0 Å². The lowest BCUT2D eigenvalue weighted by atomic mass is 10.2. The molecule has 1 amide bonds. The number of rotatable bonds is 4. The molecule has 19 heavy (non-hydrogen) atoms. The van der Waals surface area contributed by atoms with Crippen molar-refractivity contribution in [2.75, 3.05) is 0 Å². The molecular weight excluding hydrogens is 264 g/mol. The number of Topliss-reactive ketones (excluding diaryl/α,β-unsaturated/α-hetero) is 1. The molecule has 0 fully saturated rings. The first kappa shape index (κ1) is 13.4. The van der Waals surface area contributed by atoms with Gasteiger partial charge in [0, 0.05) is 24.8 Å². The number of nitrogens with zero attached hydrogens (tertiary/aromatic N) is 1. The minimum atomic E-state index is -0.614. The first-order chi connectivity index (χ1) is 9.08. The van der Waals surface area contributed by atoms with Crippen molar-refractivity contribution in [3.05, 3.63) is 58.9 Å². The number of amides is 1. The molecule has 98 valence electrons. The van der Waals surface area contributed by atoms with Crippen LogP contribution in [-0.2, 0) is 18.4 Å². The van der Waals surface area contributed by atoms with Gasteiger partial charge in [-0.15, -0.1) is 0 Å². The molecule has 1 aromatic heterocycles. The maximum atomic E-state index is 11.8. The Morgan fingerprint density at radius 3 is 2.47 bits per heavy atom. The third kappa shape index (κ3) is 3.23. The van der Waals surface area contributed by atoms with Crippen molar-refractivity contribution in [3.63, 3.8) is 0 Å². The van der Waals surface area contributed by atoms with E-state index in [1.54, 1.807) is 54.2 Å². The summed E-state index contributed by atoms with van der Waals surface area (Å²) < 4.78 is 1.62. The van der Waals surface area contributed by atoms with E-state index in [1.807, 2.05) is 0 Å². The second-order valence-electron chi connectivity index (χ2n) is 4.14. The van der Waals surface area contributed by atoms with Crippen LogP contribution in [0.2, 0.25) is 5.02 Å². The predicted octanol–water partition coefficient (Wildman–Crippen LogP) is 2.18. The van der Waals surface area contributed by atoms with Crippen LogP contribution < -0.4 is 5.32 Å². The fraction of sp³-hybridized carbons (Fsp3) is 0.143. The molecule has 0 aliphatic rings. The van der Waals surface area contributed by atoms with Gasteiger partial charge in [0.2, 0.25) is 0 Å². The topological polar surface area (TPSA) is 51.1 Å². The minimum absolute atomic E-state index is 0.298.